The Bertz CT molecular complexity index is 886. The van der Waals surface area contributed by atoms with E-state index < -0.39 is 5.82 Å². The summed E-state index contributed by atoms with van der Waals surface area (Å²) in [5.74, 6) is 0.566. The zero-order valence-electron chi connectivity index (χ0n) is 13.5. The summed E-state index contributed by atoms with van der Waals surface area (Å²) in [7, 11) is 4.47. The lowest BCUT2D eigenvalue weighted by atomic mass is 10.2. The molecule has 0 bridgehead atoms. The van der Waals surface area contributed by atoms with E-state index in [1.165, 1.54) is 27.4 Å². The SMILES string of the molecule is COc1cc2ncc(Nc3cccc(F)c3OC)cc2nc1OC. The van der Waals surface area contributed by atoms with E-state index in [0.717, 1.165) is 0 Å². The first-order valence-electron chi connectivity index (χ1n) is 7.14. The molecule has 1 aromatic carbocycles. The minimum Gasteiger partial charge on any atom is -0.492 e. The largest absolute Gasteiger partial charge is 0.492 e. The second-order valence-electron chi connectivity index (χ2n) is 4.91. The van der Waals surface area contributed by atoms with Gasteiger partial charge in [0, 0.05) is 6.07 Å². The number of methoxy groups -OCH3 is 3. The van der Waals surface area contributed by atoms with E-state index in [1.807, 2.05) is 0 Å². The molecule has 0 saturated carbocycles. The fourth-order valence-electron chi connectivity index (χ4n) is 2.35. The Kier molecular flexibility index (Phi) is 4.33. The molecule has 0 atom stereocenters. The Hall–Kier alpha value is -3.09. The number of benzene rings is 1. The van der Waals surface area contributed by atoms with E-state index in [2.05, 4.69) is 15.3 Å². The molecule has 124 valence electrons. The van der Waals surface area contributed by atoms with Gasteiger partial charge in [0.1, 0.15) is 0 Å². The van der Waals surface area contributed by atoms with Gasteiger partial charge in [0.15, 0.2) is 17.3 Å². The van der Waals surface area contributed by atoms with Crippen LogP contribution in [-0.4, -0.2) is 31.3 Å². The molecule has 2 aromatic heterocycles. The molecule has 6 nitrogen and oxygen atoms in total. The van der Waals surface area contributed by atoms with Crippen molar-refractivity contribution in [2.75, 3.05) is 26.6 Å². The number of ether oxygens (including phenoxy) is 3. The maximum Gasteiger partial charge on any atom is 0.257 e. The predicted octanol–water partition coefficient (Wildman–Crippen LogP) is 3.54. The second-order valence-corrected chi connectivity index (χ2v) is 4.91. The van der Waals surface area contributed by atoms with E-state index in [1.54, 1.807) is 30.5 Å². The topological polar surface area (TPSA) is 65.5 Å². The molecule has 0 amide bonds. The minimum absolute atomic E-state index is 0.137. The summed E-state index contributed by atoms with van der Waals surface area (Å²) in [5.41, 5.74) is 2.42. The van der Waals surface area contributed by atoms with Gasteiger partial charge in [-0.2, -0.15) is 0 Å². The van der Waals surface area contributed by atoms with Crippen LogP contribution >= 0.6 is 0 Å². The van der Waals surface area contributed by atoms with Crippen LogP contribution in [0, 0.1) is 5.82 Å². The lowest BCUT2D eigenvalue weighted by molar-refractivity contribution is 0.344. The Morgan fingerprint density at radius 2 is 1.83 bits per heavy atom. The molecule has 24 heavy (non-hydrogen) atoms. The highest BCUT2D eigenvalue weighted by atomic mass is 19.1. The average molecular weight is 329 g/mol. The Balaban J connectivity index is 2.01. The number of pyridine rings is 2. The van der Waals surface area contributed by atoms with E-state index >= 15 is 0 Å². The van der Waals surface area contributed by atoms with Gasteiger partial charge in [-0.05, 0) is 18.2 Å². The number of nitrogens with zero attached hydrogens (tertiary/aromatic N) is 2. The van der Waals surface area contributed by atoms with Gasteiger partial charge < -0.3 is 19.5 Å². The molecule has 0 unspecified atom stereocenters. The van der Waals surface area contributed by atoms with Gasteiger partial charge in [-0.3, -0.25) is 4.98 Å². The zero-order valence-corrected chi connectivity index (χ0v) is 13.5. The van der Waals surface area contributed by atoms with Crippen LogP contribution in [0.3, 0.4) is 0 Å². The molecule has 0 radical (unpaired) electrons. The summed E-state index contributed by atoms with van der Waals surface area (Å²) in [6.45, 7) is 0. The van der Waals surface area contributed by atoms with Crippen LogP contribution in [0.15, 0.2) is 36.5 Å². The van der Waals surface area contributed by atoms with Crippen LogP contribution in [0.1, 0.15) is 0 Å². The summed E-state index contributed by atoms with van der Waals surface area (Å²) in [6.07, 6.45) is 1.63. The lowest BCUT2D eigenvalue weighted by Gasteiger charge is -2.12. The third kappa shape index (κ3) is 2.88. The van der Waals surface area contributed by atoms with Crippen molar-refractivity contribution in [2.45, 2.75) is 0 Å². The molecule has 0 aliphatic heterocycles. The van der Waals surface area contributed by atoms with Gasteiger partial charge in [0.2, 0.25) is 0 Å². The predicted molar refractivity (Wildman–Crippen MR) is 88.9 cm³/mol. The summed E-state index contributed by atoms with van der Waals surface area (Å²) in [5, 5.41) is 3.08. The number of rotatable bonds is 5. The zero-order chi connectivity index (χ0) is 17.1. The third-order valence-electron chi connectivity index (χ3n) is 3.46. The number of hydrogen-bond acceptors (Lipinski definition) is 6. The van der Waals surface area contributed by atoms with E-state index in [0.29, 0.717) is 34.0 Å². The maximum atomic E-state index is 13.8. The van der Waals surface area contributed by atoms with Crippen LogP contribution in [0.25, 0.3) is 11.0 Å². The Morgan fingerprint density at radius 1 is 1.00 bits per heavy atom. The highest BCUT2D eigenvalue weighted by Gasteiger charge is 2.11. The van der Waals surface area contributed by atoms with Gasteiger partial charge >= 0.3 is 0 Å². The first kappa shape index (κ1) is 15.8. The van der Waals surface area contributed by atoms with Gasteiger partial charge in [-0.1, -0.05) is 6.07 Å². The van der Waals surface area contributed by atoms with Gasteiger partial charge in [-0.25, -0.2) is 9.37 Å². The van der Waals surface area contributed by atoms with Crippen molar-refractivity contribution in [3.05, 3.63) is 42.3 Å². The molecule has 0 aliphatic rings. The van der Waals surface area contributed by atoms with Gasteiger partial charge in [-0.15, -0.1) is 0 Å². The van der Waals surface area contributed by atoms with E-state index in [9.17, 15) is 4.39 Å². The minimum atomic E-state index is -0.444. The summed E-state index contributed by atoms with van der Waals surface area (Å²) >= 11 is 0. The summed E-state index contributed by atoms with van der Waals surface area (Å²) in [4.78, 5) is 8.72. The molecular formula is C17H16FN3O3. The Labute approximate surface area is 138 Å². The number of hydrogen-bond donors (Lipinski definition) is 1. The first-order valence-corrected chi connectivity index (χ1v) is 7.14. The van der Waals surface area contributed by atoms with Crippen LogP contribution in [0.5, 0.6) is 17.4 Å². The molecule has 7 heteroatoms. The van der Waals surface area contributed by atoms with Crippen molar-refractivity contribution >= 4 is 22.4 Å². The number of anilines is 2. The molecule has 0 saturated heterocycles. The molecule has 1 N–H and O–H groups in total. The highest BCUT2D eigenvalue weighted by Crippen LogP contribution is 2.32. The van der Waals surface area contributed by atoms with E-state index in [-0.39, 0.29) is 5.75 Å². The molecule has 0 aliphatic carbocycles. The fourth-order valence-corrected chi connectivity index (χ4v) is 2.35. The smallest absolute Gasteiger partial charge is 0.257 e. The molecule has 0 fully saturated rings. The summed E-state index contributed by atoms with van der Waals surface area (Å²) < 4.78 is 29.3. The number of fused-ring (bicyclic) bond motifs is 1. The molecule has 0 spiro atoms. The van der Waals surface area contributed by atoms with Gasteiger partial charge in [0.25, 0.3) is 5.88 Å². The third-order valence-corrected chi connectivity index (χ3v) is 3.46. The standard InChI is InChI=1S/C17H16FN3O3/c1-22-15-8-13-14(21-17(15)24-3)7-10(9-19-13)20-12-6-4-5-11(18)16(12)23-2/h4-9,20H,1-3H3. The van der Waals surface area contributed by atoms with Crippen molar-refractivity contribution in [3.63, 3.8) is 0 Å². The van der Waals surface area contributed by atoms with Crippen LogP contribution in [0.4, 0.5) is 15.8 Å². The van der Waals surface area contributed by atoms with Crippen molar-refractivity contribution in [2.24, 2.45) is 0 Å². The van der Waals surface area contributed by atoms with Crippen LogP contribution < -0.4 is 19.5 Å². The Morgan fingerprint density at radius 3 is 2.54 bits per heavy atom. The van der Waals surface area contributed by atoms with Gasteiger partial charge in [0.05, 0.1) is 49.9 Å². The van der Waals surface area contributed by atoms with Crippen LogP contribution in [-0.2, 0) is 0 Å². The van der Waals surface area contributed by atoms with Crippen molar-refractivity contribution in [1.82, 2.24) is 9.97 Å². The average Bonchev–Trinajstić information content (AvgIpc) is 2.60. The number of halogens is 1. The second kappa shape index (κ2) is 6.57. The normalized spacial score (nSPS) is 10.5. The fraction of sp³-hybridized carbons (Fsp3) is 0.176. The monoisotopic (exact) mass is 329 g/mol. The van der Waals surface area contributed by atoms with Crippen molar-refractivity contribution in [3.8, 4) is 17.4 Å². The molecule has 2 heterocycles. The quantitative estimate of drug-likeness (QED) is 0.772. The molecular weight excluding hydrogens is 313 g/mol. The summed E-state index contributed by atoms with van der Waals surface area (Å²) in [6, 6.07) is 8.18. The number of para-hydroxylation sites is 1. The van der Waals surface area contributed by atoms with E-state index in [4.69, 9.17) is 14.2 Å². The maximum absolute atomic E-state index is 13.8. The van der Waals surface area contributed by atoms with Crippen molar-refractivity contribution in [1.29, 1.82) is 0 Å². The van der Waals surface area contributed by atoms with Crippen molar-refractivity contribution < 1.29 is 18.6 Å². The number of nitrogens with one attached hydrogen (secondary N) is 1. The molecule has 3 aromatic rings. The first-order chi connectivity index (χ1) is 11.7. The molecule has 3 rings (SSSR count). The highest BCUT2D eigenvalue weighted by molar-refractivity contribution is 5.81. The van der Waals surface area contributed by atoms with Crippen LogP contribution in [0.2, 0.25) is 0 Å². The number of aromatic nitrogens is 2. The lowest BCUT2D eigenvalue weighted by Crippen LogP contribution is -1.99.